The molecule has 0 atom stereocenters. The molecule has 0 aliphatic rings. The Kier molecular flexibility index (Phi) is 2.30. The minimum absolute atomic E-state index is 0.189. The third-order valence-electron chi connectivity index (χ3n) is 3.66. The third-order valence-corrected chi connectivity index (χ3v) is 3.66. The van der Waals surface area contributed by atoms with Crippen LogP contribution in [-0.2, 0) is 0 Å². The van der Waals surface area contributed by atoms with E-state index in [9.17, 15) is 9.59 Å². The summed E-state index contributed by atoms with van der Waals surface area (Å²) in [4.78, 5) is 24.3. The average Bonchev–Trinajstić information content (AvgIpc) is 2.46. The SMILES string of the molecule is Cc1cc(=O)oc2c1ccc1oc3ccccc3c(=O)c12. The predicted octanol–water partition coefficient (Wildman–Crippen LogP) is 3.36. The first kappa shape index (κ1) is 11.9. The first-order valence-electron chi connectivity index (χ1n) is 6.54. The van der Waals surface area contributed by atoms with Crippen LogP contribution in [0, 0.1) is 6.92 Å². The maximum atomic E-state index is 12.7. The first-order valence-corrected chi connectivity index (χ1v) is 6.54. The molecule has 2 aromatic heterocycles. The van der Waals surface area contributed by atoms with E-state index in [1.165, 1.54) is 6.07 Å². The van der Waals surface area contributed by atoms with Crippen LogP contribution >= 0.6 is 0 Å². The molecule has 2 heterocycles. The van der Waals surface area contributed by atoms with Gasteiger partial charge in [-0.2, -0.15) is 0 Å². The minimum Gasteiger partial charge on any atom is -0.456 e. The molecule has 0 N–H and O–H groups in total. The number of hydrogen-bond acceptors (Lipinski definition) is 4. The van der Waals surface area contributed by atoms with Crippen LogP contribution < -0.4 is 11.1 Å². The summed E-state index contributed by atoms with van der Waals surface area (Å²) in [5.41, 5.74) is 1.34. The monoisotopic (exact) mass is 278 g/mol. The lowest BCUT2D eigenvalue weighted by Crippen LogP contribution is -2.05. The van der Waals surface area contributed by atoms with E-state index in [2.05, 4.69) is 0 Å². The highest BCUT2D eigenvalue weighted by Crippen LogP contribution is 2.26. The molecule has 0 amide bonds. The number of para-hydroxylation sites is 1. The molecule has 0 saturated heterocycles. The molecule has 0 saturated carbocycles. The van der Waals surface area contributed by atoms with E-state index < -0.39 is 5.63 Å². The van der Waals surface area contributed by atoms with Gasteiger partial charge in [0.2, 0.25) is 5.43 Å². The fourth-order valence-electron chi connectivity index (χ4n) is 2.66. The highest BCUT2D eigenvalue weighted by Gasteiger charge is 2.14. The maximum Gasteiger partial charge on any atom is 0.336 e. The van der Waals surface area contributed by atoms with Gasteiger partial charge in [0.15, 0.2) is 5.58 Å². The highest BCUT2D eigenvalue weighted by atomic mass is 16.4. The molecule has 4 nitrogen and oxygen atoms in total. The van der Waals surface area contributed by atoms with Crippen LogP contribution in [-0.4, -0.2) is 0 Å². The van der Waals surface area contributed by atoms with E-state index >= 15 is 0 Å². The fraction of sp³-hybridized carbons (Fsp3) is 0.0588. The summed E-state index contributed by atoms with van der Waals surface area (Å²) in [5.74, 6) is 0. The van der Waals surface area contributed by atoms with E-state index in [1.54, 1.807) is 30.3 Å². The Morgan fingerprint density at radius 3 is 2.52 bits per heavy atom. The van der Waals surface area contributed by atoms with Crippen LogP contribution in [0.4, 0.5) is 0 Å². The molecule has 21 heavy (non-hydrogen) atoms. The lowest BCUT2D eigenvalue weighted by atomic mass is 10.1. The Hall–Kier alpha value is -2.88. The number of aryl methyl sites for hydroxylation is 1. The van der Waals surface area contributed by atoms with Crippen molar-refractivity contribution in [3.05, 3.63) is 68.7 Å². The van der Waals surface area contributed by atoms with Crippen molar-refractivity contribution < 1.29 is 8.83 Å². The van der Waals surface area contributed by atoms with Crippen molar-refractivity contribution in [1.29, 1.82) is 0 Å². The van der Waals surface area contributed by atoms with Crippen LogP contribution in [0.25, 0.3) is 32.9 Å². The normalized spacial score (nSPS) is 11.5. The highest BCUT2D eigenvalue weighted by molar-refractivity contribution is 6.05. The van der Waals surface area contributed by atoms with Crippen molar-refractivity contribution in [3.63, 3.8) is 0 Å². The second kappa shape index (κ2) is 4.06. The molecule has 102 valence electrons. The molecule has 0 bridgehead atoms. The molecule has 0 radical (unpaired) electrons. The van der Waals surface area contributed by atoms with Gasteiger partial charge in [0, 0.05) is 11.5 Å². The third kappa shape index (κ3) is 1.62. The van der Waals surface area contributed by atoms with Gasteiger partial charge in [0.1, 0.15) is 16.6 Å². The van der Waals surface area contributed by atoms with Crippen molar-refractivity contribution in [3.8, 4) is 0 Å². The lowest BCUT2D eigenvalue weighted by Gasteiger charge is -2.05. The van der Waals surface area contributed by atoms with Crippen LogP contribution in [0.3, 0.4) is 0 Å². The molecule has 0 aliphatic carbocycles. The number of benzene rings is 2. The molecule has 0 unspecified atom stereocenters. The summed E-state index contributed by atoms with van der Waals surface area (Å²) >= 11 is 0. The molecule has 4 aromatic rings. The van der Waals surface area contributed by atoms with E-state index in [1.807, 2.05) is 13.0 Å². The van der Waals surface area contributed by atoms with E-state index in [0.29, 0.717) is 21.9 Å². The van der Waals surface area contributed by atoms with Gasteiger partial charge < -0.3 is 8.83 Å². The van der Waals surface area contributed by atoms with Crippen molar-refractivity contribution in [2.75, 3.05) is 0 Å². The molecule has 0 spiro atoms. The van der Waals surface area contributed by atoms with E-state index in [-0.39, 0.29) is 11.0 Å². The molecule has 4 heteroatoms. The van der Waals surface area contributed by atoms with E-state index in [0.717, 1.165) is 10.9 Å². The summed E-state index contributed by atoms with van der Waals surface area (Å²) in [6.07, 6.45) is 0. The van der Waals surface area contributed by atoms with Crippen molar-refractivity contribution in [2.24, 2.45) is 0 Å². The fourth-order valence-corrected chi connectivity index (χ4v) is 2.66. The van der Waals surface area contributed by atoms with Gasteiger partial charge in [0.05, 0.1) is 5.39 Å². The number of fused-ring (bicyclic) bond motifs is 4. The minimum atomic E-state index is -0.472. The topological polar surface area (TPSA) is 60.4 Å². The Morgan fingerprint density at radius 2 is 1.67 bits per heavy atom. The predicted molar refractivity (Wildman–Crippen MR) is 80.8 cm³/mol. The van der Waals surface area contributed by atoms with Gasteiger partial charge in [-0.1, -0.05) is 12.1 Å². The second-order valence-corrected chi connectivity index (χ2v) is 4.99. The van der Waals surface area contributed by atoms with E-state index in [4.69, 9.17) is 8.83 Å². The average molecular weight is 278 g/mol. The standard InChI is InChI=1S/C17H10O4/c1-9-8-14(18)21-17-10(9)6-7-13-15(17)16(19)11-4-2-3-5-12(11)20-13/h2-8H,1H3. The molecular weight excluding hydrogens is 268 g/mol. The summed E-state index contributed by atoms with van der Waals surface area (Å²) in [6, 6.07) is 12.0. The lowest BCUT2D eigenvalue weighted by molar-refractivity contribution is 0.561. The van der Waals surface area contributed by atoms with Crippen molar-refractivity contribution in [1.82, 2.24) is 0 Å². The van der Waals surface area contributed by atoms with Gasteiger partial charge in [-0.15, -0.1) is 0 Å². The Morgan fingerprint density at radius 1 is 0.857 bits per heavy atom. The van der Waals surface area contributed by atoms with Crippen molar-refractivity contribution >= 4 is 32.9 Å². The summed E-state index contributed by atoms with van der Waals surface area (Å²) in [6.45, 7) is 1.81. The zero-order valence-electron chi connectivity index (χ0n) is 11.2. The largest absolute Gasteiger partial charge is 0.456 e. The van der Waals surface area contributed by atoms with Crippen LogP contribution in [0.2, 0.25) is 0 Å². The van der Waals surface area contributed by atoms with Gasteiger partial charge in [-0.3, -0.25) is 4.79 Å². The van der Waals surface area contributed by atoms with Crippen molar-refractivity contribution in [2.45, 2.75) is 6.92 Å². The van der Waals surface area contributed by atoms with Gasteiger partial charge in [-0.25, -0.2) is 4.79 Å². The van der Waals surface area contributed by atoms with Crippen LogP contribution in [0.1, 0.15) is 5.56 Å². The second-order valence-electron chi connectivity index (χ2n) is 4.99. The summed E-state index contributed by atoms with van der Waals surface area (Å²) < 4.78 is 11.0. The Bertz CT molecular complexity index is 1130. The summed E-state index contributed by atoms with van der Waals surface area (Å²) in [5, 5.41) is 1.53. The van der Waals surface area contributed by atoms with Crippen LogP contribution in [0.15, 0.2) is 60.9 Å². The van der Waals surface area contributed by atoms with Gasteiger partial charge in [0.25, 0.3) is 0 Å². The molecule has 4 rings (SSSR count). The maximum absolute atomic E-state index is 12.7. The molecule has 0 fully saturated rings. The molecule has 0 aliphatic heterocycles. The zero-order chi connectivity index (χ0) is 14.6. The quantitative estimate of drug-likeness (QED) is 0.281. The Balaban J connectivity index is 2.38. The zero-order valence-corrected chi connectivity index (χ0v) is 11.2. The molecule has 2 aromatic carbocycles. The number of rotatable bonds is 0. The van der Waals surface area contributed by atoms with Gasteiger partial charge in [-0.05, 0) is 36.8 Å². The first-order chi connectivity index (χ1) is 10.1. The molecular formula is C17H10O4. The Labute approximate surface area is 118 Å². The van der Waals surface area contributed by atoms with Crippen LogP contribution in [0.5, 0.6) is 0 Å². The number of hydrogen-bond donors (Lipinski definition) is 0. The smallest absolute Gasteiger partial charge is 0.336 e. The summed E-state index contributed by atoms with van der Waals surface area (Å²) in [7, 11) is 0. The van der Waals surface area contributed by atoms with Gasteiger partial charge >= 0.3 is 5.63 Å².